The molecule has 5 aromatic rings. The molecular formula is C47H43N3S. The van der Waals surface area contributed by atoms with Crippen molar-refractivity contribution < 1.29 is 0 Å². The highest BCUT2D eigenvalue weighted by Gasteiger charge is 2.21. The van der Waals surface area contributed by atoms with Gasteiger partial charge in [-0.2, -0.15) is 0 Å². The van der Waals surface area contributed by atoms with Crippen molar-refractivity contribution >= 4 is 46.6 Å². The van der Waals surface area contributed by atoms with Crippen LogP contribution in [-0.2, 0) is 13.1 Å². The van der Waals surface area contributed by atoms with E-state index in [0.29, 0.717) is 12.6 Å². The fraction of sp³-hybridized carbons (Fsp3) is 0.170. The molecule has 4 heteroatoms. The van der Waals surface area contributed by atoms with Crippen LogP contribution in [0.3, 0.4) is 0 Å². The number of aliphatic imine (C=N–C) groups is 1. The number of allylic oxidation sites excluding steroid dienone is 10. The number of fused-ring (bicyclic) bond motifs is 3. The van der Waals surface area contributed by atoms with Gasteiger partial charge in [-0.1, -0.05) is 121 Å². The minimum Gasteiger partial charge on any atom is -0.388 e. The summed E-state index contributed by atoms with van der Waals surface area (Å²) in [6.45, 7) is 0.535. The summed E-state index contributed by atoms with van der Waals surface area (Å²) in [6.07, 6.45) is 23.8. The number of benzene rings is 4. The van der Waals surface area contributed by atoms with Crippen LogP contribution in [0.2, 0.25) is 0 Å². The van der Waals surface area contributed by atoms with Gasteiger partial charge in [0.25, 0.3) is 0 Å². The molecule has 51 heavy (non-hydrogen) atoms. The first-order valence-corrected chi connectivity index (χ1v) is 18.5. The number of thiol groups is 1. The van der Waals surface area contributed by atoms with Gasteiger partial charge < -0.3 is 9.88 Å². The normalized spacial score (nSPS) is 17.5. The van der Waals surface area contributed by atoms with E-state index < -0.39 is 0 Å². The summed E-state index contributed by atoms with van der Waals surface area (Å²) in [5.74, 6) is 0.355. The van der Waals surface area contributed by atoms with Crippen molar-refractivity contribution in [2.75, 3.05) is 7.05 Å². The third-order valence-electron chi connectivity index (χ3n) is 10.4. The SMILES string of the molecule is CN/C(=C\C(=N/Cn1c2c(c3cc(C4=CCCC(C5=CC=CC(c6ccccc6S)C5)=C4)ccc31)CCC=C2)c1ccccc1)c1ccccc1. The van der Waals surface area contributed by atoms with E-state index in [2.05, 4.69) is 156 Å². The summed E-state index contributed by atoms with van der Waals surface area (Å²) in [7, 11) is 1.97. The molecule has 4 aromatic carbocycles. The molecule has 0 fully saturated rings. The molecule has 0 bridgehead atoms. The molecule has 1 atom stereocenters. The molecule has 0 amide bonds. The van der Waals surface area contributed by atoms with Gasteiger partial charge in [0.2, 0.25) is 0 Å². The average Bonchev–Trinajstić information content (AvgIpc) is 3.51. The molecule has 0 radical (unpaired) electrons. The minimum atomic E-state index is 0.355. The van der Waals surface area contributed by atoms with Crippen molar-refractivity contribution in [1.29, 1.82) is 0 Å². The zero-order valence-electron chi connectivity index (χ0n) is 29.1. The number of nitrogens with one attached hydrogen (secondary N) is 1. The predicted molar refractivity (Wildman–Crippen MR) is 219 cm³/mol. The molecule has 8 rings (SSSR count). The van der Waals surface area contributed by atoms with Crippen molar-refractivity contribution in [3.63, 3.8) is 0 Å². The van der Waals surface area contributed by atoms with E-state index in [1.54, 1.807) is 0 Å². The summed E-state index contributed by atoms with van der Waals surface area (Å²) >= 11 is 4.77. The molecule has 1 unspecified atom stereocenters. The Morgan fingerprint density at radius 3 is 2.47 bits per heavy atom. The molecule has 252 valence electrons. The van der Waals surface area contributed by atoms with E-state index in [0.717, 1.165) is 59.5 Å². The van der Waals surface area contributed by atoms with E-state index in [1.807, 2.05) is 13.1 Å². The lowest BCUT2D eigenvalue weighted by Gasteiger charge is -2.24. The first kappa shape index (κ1) is 32.9. The standard InChI is InChI=1S/C47H43N3S/c1-48-43(33-14-4-2-5-15-33)31-44(34-16-6-3-7-17-34)49-32-50-45-24-10-8-23-41(45)42-30-38(26-27-46(42)50)36-19-12-18-35(28-36)37-20-13-21-39(29-37)40-22-9-11-25-47(40)51/h2-7,9-11,13-17,19-22,24-28,30-31,39,48,51H,8,12,18,23,29,32H2,1H3/b43-31-,49-44+. The Hall–Kier alpha value is -5.32. The zero-order valence-corrected chi connectivity index (χ0v) is 30.0. The maximum Gasteiger partial charge on any atom is 0.115 e. The molecule has 1 aromatic heterocycles. The molecule has 3 aliphatic rings. The first-order chi connectivity index (χ1) is 25.2. The highest BCUT2D eigenvalue weighted by molar-refractivity contribution is 7.80. The van der Waals surface area contributed by atoms with Gasteiger partial charge in [0.15, 0.2) is 0 Å². The second-order valence-electron chi connectivity index (χ2n) is 13.5. The summed E-state index contributed by atoms with van der Waals surface area (Å²) < 4.78 is 2.40. The van der Waals surface area contributed by atoms with E-state index in [4.69, 9.17) is 17.6 Å². The zero-order chi connectivity index (χ0) is 34.6. The number of hydrogen-bond donors (Lipinski definition) is 2. The Morgan fingerprint density at radius 2 is 1.67 bits per heavy atom. The molecular weight excluding hydrogens is 639 g/mol. The van der Waals surface area contributed by atoms with Gasteiger partial charge >= 0.3 is 0 Å². The van der Waals surface area contributed by atoms with Gasteiger partial charge in [-0.05, 0) is 107 Å². The van der Waals surface area contributed by atoms with Gasteiger partial charge in [0, 0.05) is 34.6 Å². The van der Waals surface area contributed by atoms with Gasteiger partial charge in [0.05, 0.1) is 11.2 Å². The summed E-state index contributed by atoms with van der Waals surface area (Å²) in [5, 5.41) is 4.75. The Balaban J connectivity index is 1.12. The first-order valence-electron chi connectivity index (χ1n) is 18.1. The van der Waals surface area contributed by atoms with Crippen LogP contribution in [0.5, 0.6) is 0 Å². The van der Waals surface area contributed by atoms with Crippen LogP contribution in [0.4, 0.5) is 0 Å². The predicted octanol–water partition coefficient (Wildman–Crippen LogP) is 11.4. The molecule has 3 nitrogen and oxygen atoms in total. The third kappa shape index (κ3) is 6.89. The quantitative estimate of drug-likeness (QED) is 0.118. The Labute approximate surface area is 307 Å². The second-order valence-corrected chi connectivity index (χ2v) is 14.0. The van der Waals surface area contributed by atoms with Crippen LogP contribution in [0.15, 0.2) is 167 Å². The fourth-order valence-electron chi connectivity index (χ4n) is 7.77. The molecule has 1 N–H and O–H groups in total. The largest absolute Gasteiger partial charge is 0.388 e. The lowest BCUT2D eigenvalue weighted by Crippen LogP contribution is -2.10. The fourth-order valence-corrected chi connectivity index (χ4v) is 8.10. The van der Waals surface area contributed by atoms with Crippen LogP contribution in [0, 0.1) is 0 Å². The van der Waals surface area contributed by atoms with Gasteiger partial charge in [0.1, 0.15) is 6.67 Å². The summed E-state index contributed by atoms with van der Waals surface area (Å²) in [5.41, 5.74) is 15.0. The van der Waals surface area contributed by atoms with Gasteiger partial charge in [-0.25, -0.2) is 0 Å². The topological polar surface area (TPSA) is 29.3 Å². The maximum absolute atomic E-state index is 5.31. The molecule has 0 saturated carbocycles. The summed E-state index contributed by atoms with van der Waals surface area (Å²) in [6, 6.07) is 36.5. The van der Waals surface area contributed by atoms with Crippen molar-refractivity contribution in [2.24, 2.45) is 4.99 Å². The number of rotatable bonds is 9. The second kappa shape index (κ2) is 14.9. The van der Waals surface area contributed by atoms with Crippen LogP contribution < -0.4 is 5.32 Å². The number of aryl methyl sites for hydroxylation is 1. The van der Waals surface area contributed by atoms with Crippen LogP contribution >= 0.6 is 12.6 Å². The lowest BCUT2D eigenvalue weighted by atomic mass is 9.82. The van der Waals surface area contributed by atoms with Crippen molar-refractivity contribution in [3.8, 4) is 0 Å². The number of aromatic nitrogens is 1. The van der Waals surface area contributed by atoms with Gasteiger partial charge in [-0.3, -0.25) is 4.99 Å². The monoisotopic (exact) mass is 681 g/mol. The number of nitrogens with zero attached hydrogens (tertiary/aromatic N) is 2. The average molecular weight is 682 g/mol. The molecule has 1 heterocycles. The molecule has 0 spiro atoms. The van der Waals surface area contributed by atoms with E-state index in [1.165, 1.54) is 50.0 Å². The number of hydrogen-bond acceptors (Lipinski definition) is 3. The molecule has 3 aliphatic carbocycles. The van der Waals surface area contributed by atoms with Gasteiger partial charge in [-0.15, -0.1) is 12.6 Å². The Bertz CT molecular complexity index is 2290. The van der Waals surface area contributed by atoms with Crippen molar-refractivity contribution in [2.45, 2.75) is 49.6 Å². The highest BCUT2D eigenvalue weighted by Crippen LogP contribution is 2.39. The Morgan fingerprint density at radius 1 is 0.882 bits per heavy atom. The summed E-state index contributed by atoms with van der Waals surface area (Å²) in [4.78, 5) is 6.38. The van der Waals surface area contributed by atoms with Crippen LogP contribution in [0.25, 0.3) is 28.2 Å². The minimum absolute atomic E-state index is 0.355. The third-order valence-corrected chi connectivity index (χ3v) is 10.8. The van der Waals surface area contributed by atoms with Crippen molar-refractivity contribution in [3.05, 3.63) is 190 Å². The van der Waals surface area contributed by atoms with E-state index >= 15 is 0 Å². The smallest absolute Gasteiger partial charge is 0.115 e. The maximum atomic E-state index is 5.31. The molecule has 0 aliphatic heterocycles. The lowest BCUT2D eigenvalue weighted by molar-refractivity contribution is 0.750. The van der Waals surface area contributed by atoms with Crippen LogP contribution in [-0.4, -0.2) is 17.3 Å². The van der Waals surface area contributed by atoms with Crippen molar-refractivity contribution in [1.82, 2.24) is 9.88 Å². The highest BCUT2D eigenvalue weighted by atomic mass is 32.1. The molecule has 0 saturated heterocycles. The van der Waals surface area contributed by atoms with Crippen LogP contribution in [0.1, 0.15) is 65.1 Å². The Kier molecular flexibility index (Phi) is 9.59. The van der Waals surface area contributed by atoms with E-state index in [-0.39, 0.29) is 0 Å². The van der Waals surface area contributed by atoms with E-state index in [9.17, 15) is 0 Å².